The highest BCUT2D eigenvalue weighted by Gasteiger charge is 2.16. The van der Waals surface area contributed by atoms with E-state index in [1.54, 1.807) is 17.7 Å². The van der Waals surface area contributed by atoms with Crippen molar-refractivity contribution >= 4 is 29.0 Å². The van der Waals surface area contributed by atoms with Gasteiger partial charge in [-0.1, -0.05) is 78.5 Å². The van der Waals surface area contributed by atoms with Crippen LogP contribution in [0.2, 0.25) is 0 Å². The normalized spacial score (nSPS) is 11.9. The van der Waals surface area contributed by atoms with Crippen molar-refractivity contribution in [3.63, 3.8) is 0 Å². The molecule has 2 aromatic carbocycles. The predicted molar refractivity (Wildman–Crippen MR) is 126 cm³/mol. The summed E-state index contributed by atoms with van der Waals surface area (Å²) in [7, 11) is 0. The molecule has 1 atom stereocenters. The lowest BCUT2D eigenvalue weighted by atomic mass is 9.99. The molecule has 0 radical (unpaired) electrons. The van der Waals surface area contributed by atoms with Gasteiger partial charge in [-0.25, -0.2) is 0 Å². The van der Waals surface area contributed by atoms with Crippen LogP contribution in [0.15, 0.2) is 89.7 Å². The monoisotopic (exact) mass is 448 g/mol. The Morgan fingerprint density at radius 3 is 2.55 bits per heavy atom. The van der Waals surface area contributed by atoms with E-state index < -0.39 is 0 Å². The first-order valence-corrected chi connectivity index (χ1v) is 12.1. The van der Waals surface area contributed by atoms with Gasteiger partial charge in [0.1, 0.15) is 6.33 Å². The fourth-order valence-electron chi connectivity index (χ4n) is 3.35. The summed E-state index contributed by atoms with van der Waals surface area (Å²) in [6, 6.07) is 24.5. The van der Waals surface area contributed by atoms with Crippen molar-refractivity contribution in [3.05, 3.63) is 101 Å². The number of carbonyl (C=O) groups is 1. The molecular formula is C24H24N4OS2. The highest BCUT2D eigenvalue weighted by atomic mass is 32.2. The Bertz CT molecular complexity index is 1070. The number of aromatic nitrogens is 3. The van der Waals surface area contributed by atoms with E-state index in [4.69, 9.17) is 0 Å². The molecule has 0 saturated heterocycles. The molecule has 0 spiro atoms. The van der Waals surface area contributed by atoms with Crippen LogP contribution in [0.1, 0.15) is 22.0 Å². The highest BCUT2D eigenvalue weighted by Crippen LogP contribution is 2.20. The molecule has 1 unspecified atom stereocenters. The third-order valence-corrected chi connectivity index (χ3v) is 6.83. The lowest BCUT2D eigenvalue weighted by Crippen LogP contribution is -2.31. The van der Waals surface area contributed by atoms with Crippen molar-refractivity contribution in [3.8, 4) is 0 Å². The number of amides is 1. The van der Waals surface area contributed by atoms with E-state index in [1.165, 1.54) is 22.2 Å². The van der Waals surface area contributed by atoms with Gasteiger partial charge in [-0.3, -0.25) is 4.79 Å². The van der Waals surface area contributed by atoms with E-state index in [9.17, 15) is 4.79 Å². The summed E-state index contributed by atoms with van der Waals surface area (Å²) in [4.78, 5) is 14.1. The van der Waals surface area contributed by atoms with Gasteiger partial charge in [-0.2, -0.15) is 0 Å². The molecule has 4 rings (SSSR count). The molecular weight excluding hydrogens is 424 g/mol. The van der Waals surface area contributed by atoms with Gasteiger partial charge in [0.25, 0.3) is 0 Å². The second-order valence-corrected chi connectivity index (χ2v) is 9.12. The summed E-state index contributed by atoms with van der Waals surface area (Å²) in [5.41, 5.74) is 2.29. The van der Waals surface area contributed by atoms with E-state index in [-0.39, 0.29) is 11.9 Å². The van der Waals surface area contributed by atoms with Gasteiger partial charge in [-0.15, -0.1) is 21.5 Å². The number of thiophene rings is 1. The molecule has 0 saturated carbocycles. The minimum Gasteiger partial charge on any atom is -0.348 e. The van der Waals surface area contributed by atoms with Crippen LogP contribution in [0, 0.1) is 0 Å². The molecule has 1 N–H and O–H groups in total. The summed E-state index contributed by atoms with van der Waals surface area (Å²) in [5.74, 6) is 0.290. The number of nitrogens with zero attached hydrogens (tertiary/aromatic N) is 3. The van der Waals surface area contributed by atoms with E-state index in [0.29, 0.717) is 5.75 Å². The van der Waals surface area contributed by atoms with Crippen molar-refractivity contribution in [2.45, 2.75) is 30.6 Å². The standard InChI is InChI=1S/C24H24N4OS2/c29-23(17-31-24-27-25-18-28(24)14-13-21-12-7-15-30-21)26-22(20-10-5-2-6-11-20)16-19-8-3-1-4-9-19/h1-12,15,18,22H,13-14,16-17H2,(H,26,29). The smallest absolute Gasteiger partial charge is 0.230 e. The average Bonchev–Trinajstić information content (AvgIpc) is 3.49. The lowest BCUT2D eigenvalue weighted by molar-refractivity contribution is -0.119. The van der Waals surface area contributed by atoms with Gasteiger partial charge in [-0.05, 0) is 35.4 Å². The maximum atomic E-state index is 12.8. The summed E-state index contributed by atoms with van der Waals surface area (Å²) in [5, 5.41) is 14.3. The van der Waals surface area contributed by atoms with Gasteiger partial charge >= 0.3 is 0 Å². The molecule has 158 valence electrons. The van der Waals surface area contributed by atoms with E-state index in [1.807, 2.05) is 41.0 Å². The van der Waals surface area contributed by atoms with Gasteiger partial charge < -0.3 is 9.88 Å². The SMILES string of the molecule is O=C(CSc1nncn1CCc1cccs1)NC(Cc1ccccc1)c1ccccc1. The van der Waals surface area contributed by atoms with Crippen molar-refractivity contribution < 1.29 is 4.79 Å². The summed E-state index contributed by atoms with van der Waals surface area (Å²) in [6.45, 7) is 0.804. The quantitative estimate of drug-likeness (QED) is 0.355. The number of hydrogen-bond donors (Lipinski definition) is 1. The third kappa shape index (κ3) is 6.29. The molecule has 0 aliphatic heterocycles. The first-order chi connectivity index (χ1) is 15.3. The Kier molecular flexibility index (Phi) is 7.52. The van der Waals surface area contributed by atoms with E-state index >= 15 is 0 Å². The molecule has 0 aliphatic carbocycles. The molecule has 7 heteroatoms. The van der Waals surface area contributed by atoms with Gasteiger partial charge in [0, 0.05) is 11.4 Å². The Hall–Kier alpha value is -2.90. The molecule has 0 aliphatic rings. The first kappa shape index (κ1) is 21.3. The second kappa shape index (κ2) is 10.9. The van der Waals surface area contributed by atoms with Crippen LogP contribution < -0.4 is 5.32 Å². The third-order valence-electron chi connectivity index (χ3n) is 4.91. The number of nitrogens with one attached hydrogen (secondary N) is 1. The number of rotatable bonds is 10. The van der Waals surface area contributed by atoms with Gasteiger partial charge in [0.05, 0.1) is 11.8 Å². The van der Waals surface area contributed by atoms with E-state index in [0.717, 1.165) is 30.1 Å². The fraction of sp³-hybridized carbons (Fsp3) is 0.208. The van der Waals surface area contributed by atoms with Crippen LogP contribution in [0.3, 0.4) is 0 Å². The topological polar surface area (TPSA) is 59.8 Å². The average molecular weight is 449 g/mol. The minimum absolute atomic E-state index is 0.0115. The van der Waals surface area contributed by atoms with Crippen LogP contribution in [-0.2, 0) is 24.2 Å². The zero-order valence-electron chi connectivity index (χ0n) is 17.1. The van der Waals surface area contributed by atoms with Crippen molar-refractivity contribution in [1.29, 1.82) is 0 Å². The zero-order chi connectivity index (χ0) is 21.3. The first-order valence-electron chi connectivity index (χ1n) is 10.2. The fourth-order valence-corrected chi connectivity index (χ4v) is 4.80. The van der Waals surface area contributed by atoms with Crippen LogP contribution in [0.4, 0.5) is 0 Å². The molecule has 2 heterocycles. The minimum atomic E-state index is -0.0756. The van der Waals surface area contributed by atoms with Crippen molar-refractivity contribution in [1.82, 2.24) is 20.1 Å². The molecule has 1 amide bonds. The summed E-state index contributed by atoms with van der Waals surface area (Å²) in [6.07, 6.45) is 3.41. The van der Waals surface area contributed by atoms with Crippen molar-refractivity contribution in [2.75, 3.05) is 5.75 Å². The molecule has 0 bridgehead atoms. The largest absolute Gasteiger partial charge is 0.348 e. The summed E-state index contributed by atoms with van der Waals surface area (Å²) < 4.78 is 2.01. The molecule has 0 fully saturated rings. The lowest BCUT2D eigenvalue weighted by Gasteiger charge is -2.19. The maximum absolute atomic E-state index is 12.8. The van der Waals surface area contributed by atoms with Crippen molar-refractivity contribution in [2.24, 2.45) is 0 Å². The number of thioether (sulfide) groups is 1. The highest BCUT2D eigenvalue weighted by molar-refractivity contribution is 7.99. The maximum Gasteiger partial charge on any atom is 0.230 e. The number of aryl methyl sites for hydroxylation is 2. The Labute approximate surface area is 190 Å². The predicted octanol–water partition coefficient (Wildman–Crippen LogP) is 4.77. The van der Waals surface area contributed by atoms with Crippen LogP contribution in [0.5, 0.6) is 0 Å². The van der Waals surface area contributed by atoms with Crippen LogP contribution in [0.25, 0.3) is 0 Å². The molecule has 5 nitrogen and oxygen atoms in total. The van der Waals surface area contributed by atoms with Crippen LogP contribution in [-0.4, -0.2) is 26.4 Å². The number of benzene rings is 2. The zero-order valence-corrected chi connectivity index (χ0v) is 18.7. The number of carbonyl (C=O) groups excluding carboxylic acids is 1. The molecule has 4 aromatic rings. The number of hydrogen-bond acceptors (Lipinski definition) is 5. The Balaban J connectivity index is 1.35. The van der Waals surface area contributed by atoms with Gasteiger partial charge in [0.2, 0.25) is 5.91 Å². The Morgan fingerprint density at radius 1 is 1.03 bits per heavy atom. The van der Waals surface area contributed by atoms with Crippen LogP contribution >= 0.6 is 23.1 Å². The second-order valence-electron chi connectivity index (χ2n) is 7.15. The van der Waals surface area contributed by atoms with E-state index in [2.05, 4.69) is 57.3 Å². The molecule has 31 heavy (non-hydrogen) atoms. The summed E-state index contributed by atoms with van der Waals surface area (Å²) >= 11 is 3.17. The molecule has 2 aromatic heterocycles. The van der Waals surface area contributed by atoms with Gasteiger partial charge in [0.15, 0.2) is 5.16 Å². The Morgan fingerprint density at radius 2 is 1.81 bits per heavy atom.